The second kappa shape index (κ2) is 8.33. The van der Waals surface area contributed by atoms with Crippen molar-refractivity contribution in [3.8, 4) is 0 Å². The molecule has 4 N–H and O–H groups in total. The molecule has 2 aliphatic rings. The van der Waals surface area contributed by atoms with Gasteiger partial charge in [0.15, 0.2) is 8.32 Å². The van der Waals surface area contributed by atoms with Crippen LogP contribution < -0.4 is 11.1 Å². The van der Waals surface area contributed by atoms with Crippen LogP contribution in [0, 0.1) is 17.8 Å². The van der Waals surface area contributed by atoms with Gasteiger partial charge in [0.05, 0.1) is 5.41 Å². The van der Waals surface area contributed by atoms with Crippen LogP contribution in [0.3, 0.4) is 0 Å². The van der Waals surface area contributed by atoms with Gasteiger partial charge >= 0.3 is 0 Å². The molecule has 7 heteroatoms. The lowest BCUT2D eigenvalue weighted by atomic mass is 9.67. The Bertz CT molecular complexity index is 847. The van der Waals surface area contributed by atoms with E-state index in [1.165, 1.54) is 0 Å². The molecule has 4 atom stereocenters. The van der Waals surface area contributed by atoms with Gasteiger partial charge in [0, 0.05) is 42.3 Å². The molecular formula is C24H38N2O4Si. The lowest BCUT2D eigenvalue weighted by Gasteiger charge is -2.43. The van der Waals surface area contributed by atoms with Crippen LogP contribution in [0.4, 0.5) is 11.4 Å². The second-order valence-corrected chi connectivity index (χ2v) is 15.7. The fourth-order valence-electron chi connectivity index (χ4n) is 6.76. The molecule has 0 aromatic heterocycles. The summed E-state index contributed by atoms with van der Waals surface area (Å²) in [5, 5.41) is 13.4. The van der Waals surface area contributed by atoms with Crippen molar-refractivity contribution in [2.75, 3.05) is 24.3 Å². The van der Waals surface area contributed by atoms with Crippen molar-refractivity contribution in [3.05, 3.63) is 23.8 Å². The average molecular weight is 447 g/mol. The van der Waals surface area contributed by atoms with E-state index in [0.717, 1.165) is 5.56 Å². The summed E-state index contributed by atoms with van der Waals surface area (Å²) < 4.78 is 6.75. The summed E-state index contributed by atoms with van der Waals surface area (Å²) in [5.74, 6) is -1.82. The number of carbonyl (C=O) groups is 2. The monoisotopic (exact) mass is 446 g/mol. The second-order valence-electron chi connectivity index (χ2n) is 10.3. The SMILES string of the molecule is CC(C)[Si](OC[C@H]1C(=O)[C@H](C)[C@]2(C(=O)Nc3cc(N)ccc32)[C@@H]1CO)(C(C)C)C(C)C. The number of anilines is 2. The van der Waals surface area contributed by atoms with Crippen molar-refractivity contribution < 1.29 is 19.1 Å². The van der Waals surface area contributed by atoms with E-state index in [1.54, 1.807) is 12.1 Å². The first-order valence-electron chi connectivity index (χ1n) is 11.5. The molecule has 0 saturated heterocycles. The molecule has 1 fully saturated rings. The van der Waals surface area contributed by atoms with Crippen LogP contribution in [-0.2, 0) is 19.4 Å². The summed E-state index contributed by atoms with van der Waals surface area (Å²) >= 11 is 0. The summed E-state index contributed by atoms with van der Waals surface area (Å²) in [5.41, 5.74) is 7.95. The van der Waals surface area contributed by atoms with E-state index in [4.69, 9.17) is 10.2 Å². The molecule has 1 aliphatic carbocycles. The van der Waals surface area contributed by atoms with Crippen LogP contribution in [0.15, 0.2) is 18.2 Å². The van der Waals surface area contributed by atoms with Gasteiger partial charge in [0.25, 0.3) is 0 Å². The zero-order valence-electron chi connectivity index (χ0n) is 19.9. The van der Waals surface area contributed by atoms with Crippen LogP contribution in [0.1, 0.15) is 54.0 Å². The number of fused-ring (bicyclic) bond motifs is 2. The highest BCUT2D eigenvalue weighted by Crippen LogP contribution is 2.56. The lowest BCUT2D eigenvalue weighted by molar-refractivity contribution is -0.128. The molecule has 1 heterocycles. The van der Waals surface area contributed by atoms with Crippen molar-refractivity contribution in [2.24, 2.45) is 17.8 Å². The summed E-state index contributed by atoms with van der Waals surface area (Å²) in [4.78, 5) is 26.8. The quantitative estimate of drug-likeness (QED) is 0.432. The minimum absolute atomic E-state index is 0.00181. The molecule has 0 radical (unpaired) electrons. The topological polar surface area (TPSA) is 102 Å². The standard InChI is InChI=1S/C24H38N2O4Si/c1-13(2)31(14(3)4,15(5)6)30-12-18-20(11-27)24(16(7)22(18)28)19-9-8-17(25)10-21(19)26-23(24)29/h8-10,13-16,18,20,27H,11-12,25H2,1-7H3,(H,26,29)/t16-,18+,20+,24+/m0/s1. The number of ketones is 1. The number of nitrogens with one attached hydrogen (secondary N) is 1. The maximum Gasteiger partial charge on any atom is 0.236 e. The minimum atomic E-state index is -2.19. The molecule has 1 aromatic rings. The molecule has 0 unspecified atom stereocenters. The third-order valence-electron chi connectivity index (χ3n) is 8.08. The fourth-order valence-corrected chi connectivity index (χ4v) is 12.2. The number of nitrogen functional groups attached to an aromatic ring is 1. The third-order valence-corrected chi connectivity index (χ3v) is 14.2. The number of hydrogen-bond donors (Lipinski definition) is 3. The summed E-state index contributed by atoms with van der Waals surface area (Å²) in [6.07, 6.45) is 0. The van der Waals surface area contributed by atoms with Crippen molar-refractivity contribution in [2.45, 2.75) is 70.5 Å². The number of aliphatic hydroxyl groups is 1. The predicted molar refractivity (Wildman–Crippen MR) is 126 cm³/mol. The van der Waals surface area contributed by atoms with Crippen molar-refractivity contribution in [3.63, 3.8) is 0 Å². The molecule has 1 aromatic carbocycles. The highest BCUT2D eigenvalue weighted by atomic mass is 28.4. The van der Waals surface area contributed by atoms with Gasteiger partial charge < -0.3 is 20.6 Å². The highest BCUT2D eigenvalue weighted by Gasteiger charge is 2.66. The van der Waals surface area contributed by atoms with Gasteiger partial charge in [-0.25, -0.2) is 0 Å². The summed E-state index contributed by atoms with van der Waals surface area (Å²) in [6.45, 7) is 15.1. The van der Waals surface area contributed by atoms with E-state index >= 15 is 0 Å². The number of rotatable bonds is 7. The number of nitrogens with two attached hydrogens (primary N) is 1. The fraction of sp³-hybridized carbons (Fsp3) is 0.667. The normalized spacial score (nSPS) is 28.3. The number of amides is 1. The maximum absolute atomic E-state index is 13.5. The summed E-state index contributed by atoms with van der Waals surface area (Å²) in [6, 6.07) is 5.31. The van der Waals surface area contributed by atoms with Crippen LogP contribution in [0.2, 0.25) is 16.6 Å². The van der Waals surface area contributed by atoms with Gasteiger partial charge in [-0.2, -0.15) is 0 Å². The largest absolute Gasteiger partial charge is 0.415 e. The van der Waals surface area contributed by atoms with E-state index in [1.807, 2.05) is 13.0 Å². The summed E-state index contributed by atoms with van der Waals surface area (Å²) in [7, 11) is -2.19. The number of hydrogen-bond acceptors (Lipinski definition) is 5. The molecule has 1 aliphatic heterocycles. The molecule has 3 rings (SSSR count). The van der Waals surface area contributed by atoms with E-state index in [0.29, 0.717) is 28.0 Å². The average Bonchev–Trinajstić information content (AvgIpc) is 3.08. The van der Waals surface area contributed by atoms with E-state index in [9.17, 15) is 14.7 Å². The van der Waals surface area contributed by atoms with Gasteiger partial charge in [-0.05, 0) is 34.3 Å². The zero-order chi connectivity index (χ0) is 23.3. The Kier molecular flexibility index (Phi) is 6.44. The first-order valence-corrected chi connectivity index (χ1v) is 13.6. The van der Waals surface area contributed by atoms with Crippen LogP contribution >= 0.6 is 0 Å². The number of carbonyl (C=O) groups excluding carboxylic acids is 2. The van der Waals surface area contributed by atoms with E-state index < -0.39 is 31.5 Å². The smallest absolute Gasteiger partial charge is 0.236 e. The number of benzene rings is 1. The minimum Gasteiger partial charge on any atom is -0.415 e. The molecule has 1 spiro atoms. The van der Waals surface area contributed by atoms with E-state index in [-0.39, 0.29) is 24.9 Å². The van der Waals surface area contributed by atoms with Crippen LogP contribution in [0.25, 0.3) is 0 Å². The van der Waals surface area contributed by atoms with Gasteiger partial charge in [-0.15, -0.1) is 0 Å². The van der Waals surface area contributed by atoms with Gasteiger partial charge in [-0.1, -0.05) is 54.5 Å². The first kappa shape index (κ1) is 23.9. The third kappa shape index (κ3) is 3.28. The van der Waals surface area contributed by atoms with E-state index in [2.05, 4.69) is 46.9 Å². The highest BCUT2D eigenvalue weighted by molar-refractivity contribution is 6.77. The number of aliphatic hydroxyl groups excluding tert-OH is 1. The Labute approximate surface area is 187 Å². The molecule has 172 valence electrons. The number of Topliss-reactive ketones (excluding diaryl/α,β-unsaturated/α-hetero) is 1. The zero-order valence-corrected chi connectivity index (χ0v) is 20.9. The Morgan fingerprint density at radius 1 is 1.13 bits per heavy atom. The van der Waals surface area contributed by atoms with Gasteiger partial charge in [0.2, 0.25) is 5.91 Å². The van der Waals surface area contributed by atoms with Crippen LogP contribution in [-0.4, -0.2) is 38.3 Å². The predicted octanol–water partition coefficient (Wildman–Crippen LogP) is 4.09. The van der Waals surface area contributed by atoms with Gasteiger partial charge in [-0.3, -0.25) is 9.59 Å². The maximum atomic E-state index is 13.5. The molecule has 1 saturated carbocycles. The van der Waals surface area contributed by atoms with Crippen molar-refractivity contribution >= 4 is 31.4 Å². The molecule has 0 bridgehead atoms. The van der Waals surface area contributed by atoms with Crippen molar-refractivity contribution in [1.82, 2.24) is 0 Å². The molecule has 31 heavy (non-hydrogen) atoms. The lowest BCUT2D eigenvalue weighted by Crippen LogP contribution is -2.50. The Morgan fingerprint density at radius 2 is 1.71 bits per heavy atom. The Morgan fingerprint density at radius 3 is 2.23 bits per heavy atom. The van der Waals surface area contributed by atoms with Crippen LogP contribution in [0.5, 0.6) is 0 Å². The molecule has 1 amide bonds. The first-order chi connectivity index (χ1) is 14.5. The Balaban J connectivity index is 2.02. The van der Waals surface area contributed by atoms with Crippen molar-refractivity contribution in [1.29, 1.82) is 0 Å². The Hall–Kier alpha value is -1.70. The molecule has 6 nitrogen and oxygen atoms in total. The van der Waals surface area contributed by atoms with Gasteiger partial charge in [0.1, 0.15) is 5.78 Å². The molecular weight excluding hydrogens is 408 g/mol.